The molecular formula is C13H25N5O. The summed E-state index contributed by atoms with van der Waals surface area (Å²) in [6, 6.07) is 0.645. The Labute approximate surface area is 114 Å². The zero-order valence-corrected chi connectivity index (χ0v) is 12.2. The molecule has 0 saturated carbocycles. The Morgan fingerprint density at radius 1 is 1.42 bits per heavy atom. The molecule has 0 bridgehead atoms. The molecule has 2 atom stereocenters. The van der Waals surface area contributed by atoms with Crippen molar-refractivity contribution in [2.24, 2.45) is 5.73 Å². The summed E-state index contributed by atoms with van der Waals surface area (Å²) in [7, 11) is 4.32. The van der Waals surface area contributed by atoms with E-state index in [2.05, 4.69) is 34.0 Å². The second-order valence-corrected chi connectivity index (χ2v) is 5.72. The van der Waals surface area contributed by atoms with Crippen LogP contribution in [0.1, 0.15) is 25.1 Å². The van der Waals surface area contributed by atoms with Crippen LogP contribution in [0.15, 0.2) is 4.52 Å². The third-order valence-electron chi connectivity index (χ3n) is 3.72. The summed E-state index contributed by atoms with van der Waals surface area (Å²) in [6.45, 7) is 5.26. The van der Waals surface area contributed by atoms with Crippen LogP contribution < -0.4 is 5.73 Å². The normalized spacial score (nSPS) is 23.7. The minimum atomic E-state index is 0.175. The topological polar surface area (TPSA) is 71.4 Å². The number of likely N-dealkylation sites (N-methyl/N-ethyl adjacent to an activating group) is 2. The van der Waals surface area contributed by atoms with E-state index in [1.807, 2.05) is 6.92 Å². The summed E-state index contributed by atoms with van der Waals surface area (Å²) in [5, 5.41) is 4.08. The van der Waals surface area contributed by atoms with E-state index in [0.29, 0.717) is 11.9 Å². The molecule has 108 valence electrons. The Bertz CT molecular complexity index is 392. The van der Waals surface area contributed by atoms with Gasteiger partial charge < -0.3 is 20.1 Å². The van der Waals surface area contributed by atoms with Crippen molar-refractivity contribution >= 4 is 0 Å². The Balaban J connectivity index is 1.88. The van der Waals surface area contributed by atoms with Crippen molar-refractivity contribution < 1.29 is 4.52 Å². The van der Waals surface area contributed by atoms with E-state index < -0.39 is 0 Å². The smallest absolute Gasteiger partial charge is 0.226 e. The van der Waals surface area contributed by atoms with Crippen LogP contribution in [0.3, 0.4) is 0 Å². The quantitative estimate of drug-likeness (QED) is 0.818. The van der Waals surface area contributed by atoms with Gasteiger partial charge in [-0.05, 0) is 27.4 Å². The first-order chi connectivity index (χ1) is 9.04. The highest BCUT2D eigenvalue weighted by molar-refractivity contribution is 4.93. The van der Waals surface area contributed by atoms with Crippen LogP contribution in [0.25, 0.3) is 0 Å². The van der Waals surface area contributed by atoms with E-state index in [4.69, 9.17) is 10.3 Å². The fourth-order valence-electron chi connectivity index (χ4n) is 2.36. The second kappa shape index (κ2) is 6.45. The molecule has 2 heterocycles. The number of aromatic nitrogens is 2. The van der Waals surface area contributed by atoms with Crippen molar-refractivity contribution in [3.63, 3.8) is 0 Å². The first kappa shape index (κ1) is 14.4. The average Bonchev–Trinajstić information content (AvgIpc) is 2.79. The van der Waals surface area contributed by atoms with Gasteiger partial charge in [0, 0.05) is 44.6 Å². The summed E-state index contributed by atoms with van der Waals surface area (Å²) in [4.78, 5) is 9.18. The monoisotopic (exact) mass is 267 g/mol. The number of hydrogen-bond acceptors (Lipinski definition) is 6. The van der Waals surface area contributed by atoms with E-state index >= 15 is 0 Å². The zero-order valence-electron chi connectivity index (χ0n) is 12.2. The lowest BCUT2D eigenvalue weighted by atomic mass is 10.1. The average molecular weight is 267 g/mol. The number of nitrogens with two attached hydrogens (primary N) is 1. The first-order valence-electron chi connectivity index (χ1n) is 7.00. The van der Waals surface area contributed by atoms with Gasteiger partial charge in [-0.15, -0.1) is 0 Å². The molecule has 1 aliphatic heterocycles. The molecule has 1 fully saturated rings. The number of hydrogen-bond donors (Lipinski definition) is 1. The molecule has 1 saturated heterocycles. The largest absolute Gasteiger partial charge is 0.339 e. The molecule has 2 N–H and O–H groups in total. The van der Waals surface area contributed by atoms with Crippen molar-refractivity contribution in [2.75, 3.05) is 33.7 Å². The SMILES string of the molecule is CC(N)CCc1nc(CC2CN(C)CCN2C)no1. The maximum atomic E-state index is 5.73. The van der Waals surface area contributed by atoms with Gasteiger partial charge in [0.1, 0.15) is 0 Å². The Kier molecular flexibility index (Phi) is 4.90. The van der Waals surface area contributed by atoms with E-state index in [9.17, 15) is 0 Å². The highest BCUT2D eigenvalue weighted by Crippen LogP contribution is 2.11. The first-order valence-corrected chi connectivity index (χ1v) is 7.00. The van der Waals surface area contributed by atoms with Gasteiger partial charge in [-0.2, -0.15) is 4.98 Å². The van der Waals surface area contributed by atoms with E-state index in [1.165, 1.54) is 0 Å². The minimum absolute atomic E-state index is 0.175. The summed E-state index contributed by atoms with van der Waals surface area (Å²) in [5.41, 5.74) is 5.73. The van der Waals surface area contributed by atoms with Gasteiger partial charge >= 0.3 is 0 Å². The van der Waals surface area contributed by atoms with Crippen LogP contribution in [0.4, 0.5) is 0 Å². The minimum Gasteiger partial charge on any atom is -0.339 e. The Hall–Kier alpha value is -0.980. The van der Waals surface area contributed by atoms with Gasteiger partial charge in [0.05, 0.1) is 0 Å². The number of rotatable bonds is 5. The van der Waals surface area contributed by atoms with Crippen LogP contribution in [0.5, 0.6) is 0 Å². The van der Waals surface area contributed by atoms with Crippen LogP contribution in [-0.4, -0.2) is 65.8 Å². The fourth-order valence-corrected chi connectivity index (χ4v) is 2.36. The van der Waals surface area contributed by atoms with Crippen molar-refractivity contribution in [1.82, 2.24) is 19.9 Å². The molecule has 0 radical (unpaired) electrons. The maximum absolute atomic E-state index is 5.73. The summed E-state index contributed by atoms with van der Waals surface area (Å²) in [5.74, 6) is 1.52. The van der Waals surface area contributed by atoms with Crippen LogP contribution >= 0.6 is 0 Å². The molecule has 2 unspecified atom stereocenters. The predicted octanol–water partition coefficient (Wildman–Crippen LogP) is 0.138. The third kappa shape index (κ3) is 4.26. The molecule has 1 aliphatic rings. The molecular weight excluding hydrogens is 242 g/mol. The van der Waals surface area contributed by atoms with Gasteiger partial charge in [-0.1, -0.05) is 5.16 Å². The third-order valence-corrected chi connectivity index (χ3v) is 3.72. The Morgan fingerprint density at radius 2 is 2.21 bits per heavy atom. The number of aryl methyl sites for hydroxylation is 1. The van der Waals surface area contributed by atoms with Crippen LogP contribution in [-0.2, 0) is 12.8 Å². The summed E-state index contributed by atoms with van der Waals surface area (Å²) >= 11 is 0. The summed E-state index contributed by atoms with van der Waals surface area (Å²) < 4.78 is 5.27. The van der Waals surface area contributed by atoms with Gasteiger partial charge in [0.25, 0.3) is 0 Å². The molecule has 0 spiro atoms. The lowest BCUT2D eigenvalue weighted by Gasteiger charge is -2.37. The summed E-state index contributed by atoms with van der Waals surface area (Å²) in [6.07, 6.45) is 2.50. The molecule has 1 aromatic heterocycles. The van der Waals surface area contributed by atoms with Crippen LogP contribution in [0, 0.1) is 0 Å². The fraction of sp³-hybridized carbons (Fsp3) is 0.846. The van der Waals surface area contributed by atoms with Crippen molar-refractivity contribution in [3.8, 4) is 0 Å². The highest BCUT2D eigenvalue weighted by Gasteiger charge is 2.24. The molecule has 19 heavy (non-hydrogen) atoms. The molecule has 6 heteroatoms. The predicted molar refractivity (Wildman–Crippen MR) is 73.9 cm³/mol. The van der Waals surface area contributed by atoms with Gasteiger partial charge in [0.15, 0.2) is 5.82 Å². The molecule has 6 nitrogen and oxygen atoms in total. The molecule has 0 amide bonds. The van der Waals surface area contributed by atoms with Crippen molar-refractivity contribution in [3.05, 3.63) is 11.7 Å². The van der Waals surface area contributed by atoms with E-state index in [0.717, 1.165) is 44.7 Å². The molecule has 0 aromatic carbocycles. The van der Waals surface area contributed by atoms with E-state index in [1.54, 1.807) is 0 Å². The molecule has 2 rings (SSSR count). The highest BCUT2D eigenvalue weighted by atomic mass is 16.5. The van der Waals surface area contributed by atoms with Gasteiger partial charge in [0.2, 0.25) is 5.89 Å². The number of nitrogens with zero attached hydrogens (tertiary/aromatic N) is 4. The number of piperazine rings is 1. The standard InChI is InChI=1S/C13H25N5O/c1-10(14)4-5-13-15-12(16-19-13)8-11-9-17(2)6-7-18(11)3/h10-11H,4-9,14H2,1-3H3. The zero-order chi connectivity index (χ0) is 13.8. The van der Waals surface area contributed by atoms with Crippen molar-refractivity contribution in [2.45, 2.75) is 38.3 Å². The lowest BCUT2D eigenvalue weighted by Crippen LogP contribution is -2.50. The van der Waals surface area contributed by atoms with Crippen LogP contribution in [0.2, 0.25) is 0 Å². The lowest BCUT2D eigenvalue weighted by molar-refractivity contribution is 0.113. The van der Waals surface area contributed by atoms with Gasteiger partial charge in [-0.3, -0.25) is 0 Å². The van der Waals surface area contributed by atoms with E-state index in [-0.39, 0.29) is 6.04 Å². The Morgan fingerprint density at radius 3 is 2.95 bits per heavy atom. The maximum Gasteiger partial charge on any atom is 0.226 e. The van der Waals surface area contributed by atoms with Gasteiger partial charge in [-0.25, -0.2) is 0 Å². The second-order valence-electron chi connectivity index (χ2n) is 5.72. The molecule has 0 aliphatic carbocycles. The van der Waals surface area contributed by atoms with Crippen molar-refractivity contribution in [1.29, 1.82) is 0 Å². The molecule has 1 aromatic rings.